The maximum Gasteiger partial charge on any atom is 0.253 e. The number of thioether (sulfide) groups is 1. The van der Waals surface area contributed by atoms with Crippen LogP contribution in [0.4, 0.5) is 0 Å². The van der Waals surface area contributed by atoms with Crippen LogP contribution in [0.15, 0.2) is 107 Å². The molecule has 2 amide bonds. The van der Waals surface area contributed by atoms with Crippen molar-refractivity contribution < 1.29 is 19.1 Å². The number of benzene rings is 3. The Hall–Kier alpha value is -4.94. The predicted molar refractivity (Wildman–Crippen MR) is 179 cm³/mol. The summed E-state index contributed by atoms with van der Waals surface area (Å²) in [6, 6.07) is 28.5. The number of nitrogens with zero attached hydrogens (tertiary/aromatic N) is 5. The third-order valence-corrected chi connectivity index (χ3v) is 9.29. The summed E-state index contributed by atoms with van der Waals surface area (Å²) in [5.41, 5.74) is 3.41. The van der Waals surface area contributed by atoms with E-state index in [0.717, 1.165) is 27.4 Å². The minimum atomic E-state index is -0.377. The first-order chi connectivity index (χ1) is 22.6. The number of carbonyl (C=O) groups excluding carboxylic acids is 2. The first-order valence-corrected chi connectivity index (χ1v) is 16.5. The van der Waals surface area contributed by atoms with E-state index in [-0.39, 0.29) is 36.6 Å². The van der Waals surface area contributed by atoms with Crippen LogP contribution in [-0.2, 0) is 22.6 Å². The Balaban J connectivity index is 1.23. The molecule has 1 N–H and O–H groups in total. The molecule has 5 aromatic rings. The molecule has 0 fully saturated rings. The largest absolute Gasteiger partial charge is 0.493 e. The monoisotopic (exact) mass is 652 g/mol. The molecule has 10 nitrogen and oxygen atoms in total. The van der Waals surface area contributed by atoms with Gasteiger partial charge in [0.05, 0.1) is 49.6 Å². The van der Waals surface area contributed by atoms with Crippen molar-refractivity contribution in [3.05, 3.63) is 118 Å². The summed E-state index contributed by atoms with van der Waals surface area (Å²) in [4.78, 5) is 27.6. The molecule has 0 saturated carbocycles. The van der Waals surface area contributed by atoms with Crippen molar-refractivity contribution >= 4 is 40.6 Å². The highest BCUT2D eigenvalue weighted by Crippen LogP contribution is 2.42. The van der Waals surface area contributed by atoms with Crippen molar-refractivity contribution in [2.75, 3.05) is 20.0 Å². The molecule has 0 saturated heterocycles. The number of hydrazone groups is 1. The van der Waals surface area contributed by atoms with Gasteiger partial charge in [-0.15, -0.1) is 21.5 Å². The number of nitrogens with one attached hydrogen (secondary N) is 1. The zero-order valence-electron chi connectivity index (χ0n) is 25.3. The molecule has 0 aliphatic carbocycles. The summed E-state index contributed by atoms with van der Waals surface area (Å²) < 4.78 is 13.2. The van der Waals surface area contributed by atoms with Gasteiger partial charge in [0.15, 0.2) is 22.5 Å². The molecular formula is C34H32N6O4S2. The predicted octanol–water partition coefficient (Wildman–Crippen LogP) is 5.67. The van der Waals surface area contributed by atoms with E-state index in [0.29, 0.717) is 28.9 Å². The second kappa shape index (κ2) is 14.4. The smallest absolute Gasteiger partial charge is 0.253 e. The van der Waals surface area contributed by atoms with Crippen LogP contribution in [0.3, 0.4) is 0 Å². The molecule has 234 valence electrons. The Labute approximate surface area is 275 Å². The van der Waals surface area contributed by atoms with E-state index in [9.17, 15) is 9.59 Å². The number of rotatable bonds is 12. The molecule has 12 heteroatoms. The second-order valence-electron chi connectivity index (χ2n) is 10.4. The number of hydrogen-bond acceptors (Lipinski definition) is 9. The molecule has 6 rings (SSSR count). The third kappa shape index (κ3) is 6.82. The SMILES string of the molecule is COc1cccc([C@@H]2CC(c3cccs3)=NN2C(=O)CSc2nnc(CNC(=O)Cc3ccccc3)n2-c2ccccc2)c1OC. The number of methoxy groups -OCH3 is 2. The third-order valence-electron chi connectivity index (χ3n) is 7.45. The average Bonchev–Trinajstić information content (AvgIpc) is 3.87. The lowest BCUT2D eigenvalue weighted by atomic mass is 9.99. The molecule has 1 atom stereocenters. The Kier molecular flexibility index (Phi) is 9.75. The molecular weight excluding hydrogens is 621 g/mol. The normalized spacial score (nSPS) is 14.2. The topological polar surface area (TPSA) is 111 Å². The van der Waals surface area contributed by atoms with Gasteiger partial charge in [-0.1, -0.05) is 78.5 Å². The van der Waals surface area contributed by atoms with E-state index >= 15 is 0 Å². The van der Waals surface area contributed by atoms with E-state index in [2.05, 4.69) is 15.5 Å². The number of hydrogen-bond donors (Lipinski definition) is 1. The molecule has 0 unspecified atom stereocenters. The van der Waals surface area contributed by atoms with Gasteiger partial charge in [0.2, 0.25) is 5.91 Å². The van der Waals surface area contributed by atoms with Gasteiger partial charge in [-0.25, -0.2) is 5.01 Å². The van der Waals surface area contributed by atoms with Crippen molar-refractivity contribution in [1.82, 2.24) is 25.1 Å². The van der Waals surface area contributed by atoms with Crippen LogP contribution in [0.5, 0.6) is 11.5 Å². The fraction of sp³-hybridized carbons (Fsp3) is 0.206. The first-order valence-electron chi connectivity index (χ1n) is 14.6. The zero-order valence-corrected chi connectivity index (χ0v) is 27.0. The molecule has 2 aromatic heterocycles. The lowest BCUT2D eigenvalue weighted by molar-refractivity contribution is -0.130. The number of aromatic nitrogens is 3. The lowest BCUT2D eigenvalue weighted by Gasteiger charge is -2.24. The molecule has 46 heavy (non-hydrogen) atoms. The van der Waals surface area contributed by atoms with E-state index < -0.39 is 0 Å². The highest BCUT2D eigenvalue weighted by molar-refractivity contribution is 7.99. The standard InChI is InChI=1S/C34H32N6O4S2/c1-43-28-16-9-15-25(33(28)44-2)27-20-26(29-17-10-18-45-29)38-40(27)32(42)22-46-34-37-36-30(39(34)24-13-7-4-8-14-24)21-35-31(41)19-23-11-5-3-6-12-23/h3-18,27H,19-22H2,1-2H3,(H,35,41)/t27-/m0/s1. The first kappa shape index (κ1) is 31.1. The summed E-state index contributed by atoms with van der Waals surface area (Å²) in [7, 11) is 3.19. The van der Waals surface area contributed by atoms with Gasteiger partial charge in [-0.05, 0) is 35.2 Å². The van der Waals surface area contributed by atoms with Crippen molar-refractivity contribution in [1.29, 1.82) is 0 Å². The fourth-order valence-corrected chi connectivity index (χ4v) is 6.85. The molecule has 0 radical (unpaired) electrons. The summed E-state index contributed by atoms with van der Waals surface area (Å²) in [5.74, 6) is 1.48. The molecule has 0 bridgehead atoms. The maximum atomic E-state index is 13.9. The van der Waals surface area contributed by atoms with Crippen molar-refractivity contribution in [2.45, 2.75) is 30.6 Å². The highest BCUT2D eigenvalue weighted by atomic mass is 32.2. The Morgan fingerprint density at radius 3 is 2.43 bits per heavy atom. The van der Waals surface area contributed by atoms with Gasteiger partial charge in [-0.3, -0.25) is 14.2 Å². The average molecular weight is 653 g/mol. The lowest BCUT2D eigenvalue weighted by Crippen LogP contribution is -2.29. The van der Waals surface area contributed by atoms with E-state index in [1.54, 1.807) is 30.6 Å². The second-order valence-corrected chi connectivity index (χ2v) is 12.3. The maximum absolute atomic E-state index is 13.9. The molecule has 1 aliphatic rings. The Morgan fingerprint density at radius 1 is 0.935 bits per heavy atom. The molecule has 1 aliphatic heterocycles. The van der Waals surface area contributed by atoms with Crippen molar-refractivity contribution in [2.24, 2.45) is 5.10 Å². The van der Waals surface area contributed by atoms with Crippen molar-refractivity contribution in [3.8, 4) is 17.2 Å². The van der Waals surface area contributed by atoms with E-state index in [4.69, 9.17) is 14.6 Å². The van der Waals surface area contributed by atoms with Crippen LogP contribution in [0.2, 0.25) is 0 Å². The van der Waals surface area contributed by atoms with Crippen molar-refractivity contribution in [3.63, 3.8) is 0 Å². The van der Waals surface area contributed by atoms with Gasteiger partial charge < -0.3 is 14.8 Å². The van der Waals surface area contributed by atoms with Crippen LogP contribution in [0.1, 0.15) is 34.3 Å². The molecule has 3 heterocycles. The summed E-state index contributed by atoms with van der Waals surface area (Å²) in [5, 5.41) is 20.7. The Bertz CT molecular complexity index is 1830. The fourth-order valence-electron chi connectivity index (χ4n) is 5.31. The number of thiophene rings is 1. The summed E-state index contributed by atoms with van der Waals surface area (Å²) in [6.07, 6.45) is 0.799. The van der Waals surface area contributed by atoms with Gasteiger partial charge >= 0.3 is 0 Å². The minimum Gasteiger partial charge on any atom is -0.493 e. The van der Waals surface area contributed by atoms with Gasteiger partial charge in [0, 0.05) is 17.7 Å². The zero-order chi connectivity index (χ0) is 31.9. The van der Waals surface area contributed by atoms with Gasteiger partial charge in [-0.2, -0.15) is 5.10 Å². The van der Waals surface area contributed by atoms with E-state index in [1.807, 2.05) is 101 Å². The number of ether oxygens (including phenoxy) is 2. The van der Waals surface area contributed by atoms with Crippen LogP contribution < -0.4 is 14.8 Å². The minimum absolute atomic E-state index is 0.0648. The number of para-hydroxylation sites is 2. The summed E-state index contributed by atoms with van der Waals surface area (Å²) in [6.45, 7) is 0.181. The highest BCUT2D eigenvalue weighted by Gasteiger charge is 2.36. The Morgan fingerprint density at radius 2 is 1.72 bits per heavy atom. The number of carbonyl (C=O) groups is 2. The van der Waals surface area contributed by atoms with Gasteiger partial charge in [0.25, 0.3) is 5.91 Å². The quantitative estimate of drug-likeness (QED) is 0.173. The van der Waals surface area contributed by atoms with Crippen LogP contribution >= 0.6 is 23.1 Å². The van der Waals surface area contributed by atoms with E-state index in [1.165, 1.54) is 11.8 Å². The summed E-state index contributed by atoms with van der Waals surface area (Å²) >= 11 is 2.86. The molecule has 0 spiro atoms. The van der Waals surface area contributed by atoms with Crippen LogP contribution in [0, 0.1) is 0 Å². The molecule has 3 aromatic carbocycles. The van der Waals surface area contributed by atoms with Crippen LogP contribution in [-0.4, -0.2) is 57.3 Å². The number of amides is 2. The van der Waals surface area contributed by atoms with Crippen LogP contribution in [0.25, 0.3) is 5.69 Å². The van der Waals surface area contributed by atoms with Gasteiger partial charge in [0.1, 0.15) is 0 Å².